The molecule has 7 heteroatoms. The first kappa shape index (κ1) is 16.5. The zero-order chi connectivity index (χ0) is 18.0. The van der Waals surface area contributed by atoms with Crippen LogP contribution in [0.3, 0.4) is 0 Å². The van der Waals surface area contributed by atoms with E-state index >= 15 is 0 Å². The van der Waals surface area contributed by atoms with Crippen LogP contribution in [0.4, 0.5) is 4.39 Å². The molecule has 0 radical (unpaired) electrons. The Bertz CT molecular complexity index is 965. The number of carbonyl (C=O) groups is 2. The lowest BCUT2D eigenvalue weighted by atomic mass is 10.1. The molecular weight excluding hydrogens is 325 g/mol. The van der Waals surface area contributed by atoms with Gasteiger partial charge < -0.3 is 9.30 Å². The molecular formula is C18H16FN3O3. The Labute approximate surface area is 143 Å². The van der Waals surface area contributed by atoms with Crippen molar-refractivity contribution in [2.24, 2.45) is 7.05 Å². The summed E-state index contributed by atoms with van der Waals surface area (Å²) in [5.41, 5.74) is 5.92. The molecule has 0 saturated carbocycles. The number of carbonyl (C=O) groups excluding carboxylic acids is 2. The molecule has 0 bridgehead atoms. The number of amides is 2. The van der Waals surface area contributed by atoms with Crippen molar-refractivity contribution in [1.29, 1.82) is 0 Å². The highest BCUT2D eigenvalue weighted by atomic mass is 19.1. The smallest absolute Gasteiger partial charge is 0.273 e. The van der Waals surface area contributed by atoms with Crippen LogP contribution in [0.5, 0.6) is 5.75 Å². The van der Waals surface area contributed by atoms with Crippen molar-refractivity contribution in [3.05, 3.63) is 65.6 Å². The van der Waals surface area contributed by atoms with E-state index in [0.717, 1.165) is 17.0 Å². The molecule has 6 nitrogen and oxygen atoms in total. The number of aromatic nitrogens is 1. The highest BCUT2D eigenvalue weighted by Crippen LogP contribution is 2.20. The van der Waals surface area contributed by atoms with Gasteiger partial charge in [0.1, 0.15) is 11.6 Å². The van der Waals surface area contributed by atoms with Crippen LogP contribution >= 0.6 is 0 Å². The Morgan fingerprint density at radius 1 is 1.04 bits per heavy atom. The van der Waals surface area contributed by atoms with Crippen LogP contribution in [0.2, 0.25) is 0 Å². The summed E-state index contributed by atoms with van der Waals surface area (Å²) in [6.45, 7) is 0. The molecule has 2 aromatic carbocycles. The molecule has 0 saturated heterocycles. The normalized spacial score (nSPS) is 10.5. The van der Waals surface area contributed by atoms with Crippen molar-refractivity contribution < 1.29 is 18.7 Å². The number of hydrazine groups is 1. The van der Waals surface area contributed by atoms with Crippen LogP contribution in [0.25, 0.3) is 10.9 Å². The van der Waals surface area contributed by atoms with Crippen LogP contribution in [-0.2, 0) is 7.05 Å². The molecule has 2 amide bonds. The predicted molar refractivity (Wildman–Crippen MR) is 90.8 cm³/mol. The zero-order valence-corrected chi connectivity index (χ0v) is 13.7. The molecule has 3 rings (SSSR count). The number of methoxy groups -OCH3 is 1. The standard InChI is InChI=1S/C18H16FN3O3/c1-22-10-14(12-5-3-4-6-15(12)22)18(24)21-20-17(23)13-9-11(19)7-8-16(13)25-2/h3-10H,1-2H3,(H,20,23)(H,21,24). The lowest BCUT2D eigenvalue weighted by Crippen LogP contribution is -2.41. The number of hydrogen-bond acceptors (Lipinski definition) is 3. The van der Waals surface area contributed by atoms with E-state index in [1.807, 2.05) is 35.9 Å². The van der Waals surface area contributed by atoms with Gasteiger partial charge in [-0.2, -0.15) is 0 Å². The van der Waals surface area contributed by atoms with E-state index in [4.69, 9.17) is 4.74 Å². The number of fused-ring (bicyclic) bond motifs is 1. The fourth-order valence-corrected chi connectivity index (χ4v) is 2.63. The van der Waals surface area contributed by atoms with E-state index in [9.17, 15) is 14.0 Å². The van der Waals surface area contributed by atoms with Gasteiger partial charge in [0, 0.05) is 24.1 Å². The van der Waals surface area contributed by atoms with Gasteiger partial charge in [0.05, 0.1) is 18.2 Å². The average molecular weight is 341 g/mol. The largest absolute Gasteiger partial charge is 0.496 e. The average Bonchev–Trinajstić information content (AvgIpc) is 2.96. The van der Waals surface area contributed by atoms with Crippen LogP contribution in [-0.4, -0.2) is 23.5 Å². The Hall–Kier alpha value is -3.35. The van der Waals surface area contributed by atoms with Gasteiger partial charge in [-0.05, 0) is 24.3 Å². The summed E-state index contributed by atoms with van der Waals surface area (Å²) < 4.78 is 20.2. The maximum Gasteiger partial charge on any atom is 0.273 e. The molecule has 0 aliphatic carbocycles. The minimum Gasteiger partial charge on any atom is -0.496 e. The van der Waals surface area contributed by atoms with Crippen molar-refractivity contribution >= 4 is 22.7 Å². The number of nitrogens with zero attached hydrogens (tertiary/aromatic N) is 1. The first-order valence-corrected chi connectivity index (χ1v) is 7.49. The van der Waals surface area contributed by atoms with Gasteiger partial charge in [-0.1, -0.05) is 18.2 Å². The van der Waals surface area contributed by atoms with E-state index < -0.39 is 17.6 Å². The SMILES string of the molecule is COc1ccc(F)cc1C(=O)NNC(=O)c1cn(C)c2ccccc12. The predicted octanol–water partition coefficient (Wildman–Crippen LogP) is 2.40. The van der Waals surface area contributed by atoms with Crippen molar-refractivity contribution in [3.63, 3.8) is 0 Å². The minimum atomic E-state index is -0.676. The number of halogens is 1. The van der Waals surface area contributed by atoms with E-state index in [-0.39, 0.29) is 11.3 Å². The van der Waals surface area contributed by atoms with Crippen LogP contribution in [0.15, 0.2) is 48.7 Å². The van der Waals surface area contributed by atoms with Crippen LogP contribution in [0, 0.1) is 5.82 Å². The third kappa shape index (κ3) is 3.16. The van der Waals surface area contributed by atoms with Crippen LogP contribution in [0.1, 0.15) is 20.7 Å². The molecule has 0 aliphatic heterocycles. The first-order chi connectivity index (χ1) is 12.0. The fraction of sp³-hybridized carbons (Fsp3) is 0.111. The molecule has 0 unspecified atom stereocenters. The molecule has 3 aromatic rings. The summed E-state index contributed by atoms with van der Waals surface area (Å²) in [6.07, 6.45) is 1.68. The highest BCUT2D eigenvalue weighted by molar-refractivity contribution is 6.08. The minimum absolute atomic E-state index is 0.0132. The van der Waals surface area contributed by atoms with Crippen molar-refractivity contribution in [3.8, 4) is 5.75 Å². The number of nitrogens with one attached hydrogen (secondary N) is 2. The van der Waals surface area contributed by atoms with Gasteiger partial charge in [0.25, 0.3) is 11.8 Å². The maximum absolute atomic E-state index is 13.4. The van der Waals surface area contributed by atoms with Gasteiger partial charge in [-0.3, -0.25) is 20.4 Å². The third-order valence-electron chi connectivity index (χ3n) is 3.84. The molecule has 2 N–H and O–H groups in total. The van der Waals surface area contributed by atoms with Gasteiger partial charge in [-0.15, -0.1) is 0 Å². The summed E-state index contributed by atoms with van der Waals surface area (Å²) in [4.78, 5) is 24.6. The summed E-state index contributed by atoms with van der Waals surface area (Å²) >= 11 is 0. The Kier molecular flexibility index (Phi) is 4.38. The third-order valence-corrected chi connectivity index (χ3v) is 3.84. The number of benzene rings is 2. The topological polar surface area (TPSA) is 72.4 Å². The quantitative estimate of drug-likeness (QED) is 0.719. The van der Waals surface area contributed by atoms with Gasteiger partial charge in [-0.25, -0.2) is 4.39 Å². The van der Waals surface area contributed by atoms with Crippen molar-refractivity contribution in [2.45, 2.75) is 0 Å². The lowest BCUT2D eigenvalue weighted by molar-refractivity contribution is 0.0845. The van der Waals surface area contributed by atoms with Crippen molar-refractivity contribution in [2.75, 3.05) is 7.11 Å². The number of ether oxygens (including phenoxy) is 1. The van der Waals surface area contributed by atoms with E-state index in [0.29, 0.717) is 5.56 Å². The lowest BCUT2D eigenvalue weighted by Gasteiger charge is -2.10. The molecule has 0 atom stereocenters. The van der Waals surface area contributed by atoms with E-state index in [1.165, 1.54) is 19.2 Å². The second-order valence-corrected chi connectivity index (χ2v) is 5.42. The molecule has 1 heterocycles. The zero-order valence-electron chi connectivity index (χ0n) is 13.7. The Balaban J connectivity index is 1.78. The van der Waals surface area contributed by atoms with Gasteiger partial charge in [0.2, 0.25) is 0 Å². The highest BCUT2D eigenvalue weighted by Gasteiger charge is 2.17. The first-order valence-electron chi connectivity index (χ1n) is 7.49. The number of para-hydroxylation sites is 1. The number of rotatable bonds is 3. The van der Waals surface area contributed by atoms with Gasteiger partial charge in [0.15, 0.2) is 0 Å². The summed E-state index contributed by atoms with van der Waals surface area (Å²) in [6, 6.07) is 11.0. The van der Waals surface area contributed by atoms with Crippen molar-refractivity contribution in [1.82, 2.24) is 15.4 Å². The van der Waals surface area contributed by atoms with Gasteiger partial charge >= 0.3 is 0 Å². The molecule has 0 aliphatic rings. The molecule has 25 heavy (non-hydrogen) atoms. The maximum atomic E-state index is 13.4. The van der Waals surface area contributed by atoms with E-state index in [2.05, 4.69) is 10.9 Å². The molecule has 1 aromatic heterocycles. The fourth-order valence-electron chi connectivity index (χ4n) is 2.63. The molecule has 0 spiro atoms. The number of hydrogen-bond donors (Lipinski definition) is 2. The van der Waals surface area contributed by atoms with Crippen LogP contribution < -0.4 is 15.6 Å². The summed E-state index contributed by atoms with van der Waals surface area (Å²) in [7, 11) is 3.20. The Morgan fingerprint density at radius 2 is 1.72 bits per heavy atom. The Morgan fingerprint density at radius 3 is 2.44 bits per heavy atom. The molecule has 0 fully saturated rings. The summed E-state index contributed by atoms with van der Waals surface area (Å²) in [5, 5.41) is 0.764. The second kappa shape index (κ2) is 6.64. The second-order valence-electron chi connectivity index (χ2n) is 5.42. The van der Waals surface area contributed by atoms with E-state index in [1.54, 1.807) is 6.20 Å². The monoisotopic (exact) mass is 341 g/mol. The number of aryl methyl sites for hydroxylation is 1. The molecule has 128 valence electrons. The summed E-state index contributed by atoms with van der Waals surface area (Å²) in [5.74, 6) is -1.52.